The number of benzene rings is 2. The molecule has 0 spiro atoms. The van der Waals surface area contributed by atoms with Crippen LogP contribution in [0, 0.1) is 0 Å². The number of rotatable bonds is 3. The Labute approximate surface area is 156 Å². The zero-order valence-corrected chi connectivity index (χ0v) is 15.4. The number of halogens is 1. The van der Waals surface area contributed by atoms with Crippen molar-refractivity contribution in [2.45, 2.75) is 32.4 Å². The summed E-state index contributed by atoms with van der Waals surface area (Å²) in [5, 5.41) is 4.18. The molecule has 0 radical (unpaired) electrons. The molecule has 2 unspecified atom stereocenters. The first kappa shape index (κ1) is 16.9. The summed E-state index contributed by atoms with van der Waals surface area (Å²) in [6, 6.07) is 13.1. The van der Waals surface area contributed by atoms with Gasteiger partial charge in [0.05, 0.1) is 11.6 Å². The van der Waals surface area contributed by atoms with Crippen LogP contribution in [0.2, 0.25) is 5.02 Å². The van der Waals surface area contributed by atoms with Crippen LogP contribution in [-0.2, 0) is 6.42 Å². The van der Waals surface area contributed by atoms with Crippen LogP contribution >= 0.6 is 11.6 Å². The van der Waals surface area contributed by atoms with Crippen molar-refractivity contribution in [2.24, 2.45) is 0 Å². The molecule has 0 saturated carbocycles. The summed E-state index contributed by atoms with van der Waals surface area (Å²) < 4.78 is 2.05. The van der Waals surface area contributed by atoms with E-state index in [4.69, 9.17) is 11.6 Å². The van der Waals surface area contributed by atoms with Crippen molar-refractivity contribution in [1.82, 2.24) is 9.88 Å². The Hall–Kier alpha value is -2.59. The van der Waals surface area contributed by atoms with Gasteiger partial charge in [0, 0.05) is 22.6 Å². The van der Waals surface area contributed by atoms with Gasteiger partial charge in [-0.1, -0.05) is 35.9 Å². The highest BCUT2D eigenvalue weighted by molar-refractivity contribution is 6.30. The lowest BCUT2D eigenvalue weighted by Crippen LogP contribution is -2.31. The number of nitrogens with zero attached hydrogens (tertiary/aromatic N) is 1. The normalized spacial score (nSPS) is 16.7. The first-order valence-corrected chi connectivity index (χ1v) is 9.06. The lowest BCUT2D eigenvalue weighted by atomic mass is 10.1. The fraction of sp³-hybridized carbons (Fsp3) is 0.238. The van der Waals surface area contributed by atoms with Crippen LogP contribution in [-0.4, -0.2) is 10.5 Å². The van der Waals surface area contributed by atoms with E-state index < -0.39 is 0 Å². The summed E-state index contributed by atoms with van der Waals surface area (Å²) in [6.45, 7) is 3.99. The Morgan fingerprint density at radius 1 is 1.23 bits per heavy atom. The van der Waals surface area contributed by atoms with Gasteiger partial charge in [-0.25, -0.2) is 0 Å². The van der Waals surface area contributed by atoms with Crippen molar-refractivity contribution < 1.29 is 4.79 Å². The van der Waals surface area contributed by atoms with E-state index >= 15 is 0 Å². The lowest BCUT2D eigenvalue weighted by Gasteiger charge is -2.16. The molecular formula is C21H19ClN2O2. The molecule has 1 aliphatic heterocycles. The predicted octanol–water partition coefficient (Wildman–Crippen LogP) is 4.26. The van der Waals surface area contributed by atoms with Crippen LogP contribution < -0.4 is 10.7 Å². The maximum atomic E-state index is 12.9. The van der Waals surface area contributed by atoms with Crippen LogP contribution in [0.5, 0.6) is 0 Å². The molecule has 2 aromatic carbocycles. The van der Waals surface area contributed by atoms with Crippen molar-refractivity contribution in [2.75, 3.05) is 0 Å². The molecule has 2 heterocycles. The lowest BCUT2D eigenvalue weighted by molar-refractivity contribution is 0.0938. The van der Waals surface area contributed by atoms with E-state index in [0.29, 0.717) is 10.4 Å². The van der Waals surface area contributed by atoms with Gasteiger partial charge in [0.15, 0.2) is 0 Å². The summed E-state index contributed by atoms with van der Waals surface area (Å²) in [5.41, 5.74) is 3.02. The zero-order chi connectivity index (χ0) is 18.4. The van der Waals surface area contributed by atoms with Crippen LogP contribution in [0.3, 0.4) is 0 Å². The van der Waals surface area contributed by atoms with Gasteiger partial charge in [0.2, 0.25) is 5.43 Å². The van der Waals surface area contributed by atoms with Gasteiger partial charge >= 0.3 is 0 Å². The molecule has 0 aliphatic carbocycles. The first-order valence-electron chi connectivity index (χ1n) is 8.69. The number of aromatic nitrogens is 1. The van der Waals surface area contributed by atoms with Crippen molar-refractivity contribution in [3.8, 4) is 0 Å². The highest BCUT2D eigenvalue weighted by Gasteiger charge is 2.24. The molecule has 4 nitrogen and oxygen atoms in total. The van der Waals surface area contributed by atoms with Crippen molar-refractivity contribution >= 4 is 28.4 Å². The van der Waals surface area contributed by atoms with Crippen LogP contribution in [0.15, 0.2) is 53.5 Å². The maximum Gasteiger partial charge on any atom is 0.257 e. The monoisotopic (exact) mass is 366 g/mol. The predicted molar refractivity (Wildman–Crippen MR) is 104 cm³/mol. The highest BCUT2D eigenvalue weighted by atomic mass is 35.5. The summed E-state index contributed by atoms with van der Waals surface area (Å²) >= 11 is 5.91. The third-order valence-electron chi connectivity index (χ3n) is 5.09. The Bertz CT molecular complexity index is 1070. The zero-order valence-electron chi connectivity index (χ0n) is 14.6. The maximum absolute atomic E-state index is 12.9. The molecule has 2 atom stereocenters. The number of hydrogen-bond acceptors (Lipinski definition) is 2. The van der Waals surface area contributed by atoms with Gasteiger partial charge in [0.25, 0.3) is 5.91 Å². The average molecular weight is 367 g/mol. The first-order chi connectivity index (χ1) is 12.5. The third kappa shape index (κ3) is 2.71. The number of carbonyl (C=O) groups is 1. The van der Waals surface area contributed by atoms with Crippen molar-refractivity contribution in [3.05, 3.63) is 80.6 Å². The van der Waals surface area contributed by atoms with E-state index in [1.807, 2.05) is 35.8 Å². The highest BCUT2D eigenvalue weighted by Crippen LogP contribution is 2.31. The molecule has 4 rings (SSSR count). The fourth-order valence-electron chi connectivity index (χ4n) is 3.69. The van der Waals surface area contributed by atoms with E-state index in [-0.39, 0.29) is 29.0 Å². The molecular weight excluding hydrogens is 348 g/mol. The van der Waals surface area contributed by atoms with Gasteiger partial charge in [-0.15, -0.1) is 0 Å². The SMILES string of the molecule is CC(NC(=O)c1cn2c3c(cccc3c1=O)CC2C)c1ccc(Cl)cc1. The average Bonchev–Trinajstić information content (AvgIpc) is 2.94. The topological polar surface area (TPSA) is 51.1 Å². The molecule has 132 valence electrons. The summed E-state index contributed by atoms with van der Waals surface area (Å²) in [5.74, 6) is -0.354. The Morgan fingerprint density at radius 3 is 2.69 bits per heavy atom. The molecule has 1 amide bonds. The van der Waals surface area contributed by atoms with Gasteiger partial charge < -0.3 is 9.88 Å². The van der Waals surface area contributed by atoms with Gasteiger partial charge in [-0.3, -0.25) is 9.59 Å². The second kappa shape index (κ2) is 6.29. The number of nitrogens with one attached hydrogen (secondary N) is 1. The van der Waals surface area contributed by atoms with E-state index in [1.165, 1.54) is 0 Å². The molecule has 1 aromatic heterocycles. The number of amides is 1. The minimum Gasteiger partial charge on any atom is -0.345 e. The van der Waals surface area contributed by atoms with E-state index in [0.717, 1.165) is 23.1 Å². The molecule has 0 bridgehead atoms. The van der Waals surface area contributed by atoms with E-state index in [1.54, 1.807) is 24.4 Å². The number of pyridine rings is 1. The third-order valence-corrected chi connectivity index (χ3v) is 5.34. The van der Waals surface area contributed by atoms with E-state index in [2.05, 4.69) is 12.2 Å². The Balaban J connectivity index is 1.71. The molecule has 26 heavy (non-hydrogen) atoms. The molecule has 0 fully saturated rings. The number of carbonyl (C=O) groups excluding carboxylic acids is 1. The molecule has 1 aliphatic rings. The van der Waals surface area contributed by atoms with Crippen LogP contribution in [0.25, 0.3) is 10.9 Å². The molecule has 5 heteroatoms. The molecule has 0 saturated heterocycles. The van der Waals surface area contributed by atoms with Crippen molar-refractivity contribution in [3.63, 3.8) is 0 Å². The second-order valence-corrected chi connectivity index (χ2v) is 7.33. The number of para-hydroxylation sites is 1. The molecule has 1 N–H and O–H groups in total. The minimum absolute atomic E-state index is 0.184. The molecule has 3 aromatic rings. The standard InChI is InChI=1S/C21H19ClN2O2/c1-12-10-15-4-3-5-17-19(15)24(12)11-18(20(17)25)21(26)23-13(2)14-6-8-16(22)9-7-14/h3-9,11-13H,10H2,1-2H3,(H,23,26). The fourth-order valence-corrected chi connectivity index (χ4v) is 3.81. The summed E-state index contributed by atoms with van der Waals surface area (Å²) in [6.07, 6.45) is 2.58. The summed E-state index contributed by atoms with van der Waals surface area (Å²) in [4.78, 5) is 25.7. The quantitative estimate of drug-likeness (QED) is 0.752. The van der Waals surface area contributed by atoms with Gasteiger partial charge in [-0.05, 0) is 49.6 Å². The van der Waals surface area contributed by atoms with E-state index in [9.17, 15) is 9.59 Å². The smallest absolute Gasteiger partial charge is 0.257 e. The largest absolute Gasteiger partial charge is 0.345 e. The number of hydrogen-bond donors (Lipinski definition) is 1. The Kier molecular flexibility index (Phi) is 4.08. The summed E-state index contributed by atoms with van der Waals surface area (Å²) in [7, 11) is 0. The van der Waals surface area contributed by atoms with Crippen LogP contribution in [0.4, 0.5) is 0 Å². The van der Waals surface area contributed by atoms with Gasteiger partial charge in [-0.2, -0.15) is 0 Å². The van der Waals surface area contributed by atoms with Gasteiger partial charge in [0.1, 0.15) is 5.56 Å². The van der Waals surface area contributed by atoms with Crippen molar-refractivity contribution in [1.29, 1.82) is 0 Å². The van der Waals surface area contributed by atoms with Crippen LogP contribution in [0.1, 0.15) is 47.4 Å². The second-order valence-electron chi connectivity index (χ2n) is 6.89. The minimum atomic E-state index is -0.354. The Morgan fingerprint density at radius 2 is 1.96 bits per heavy atom.